The second kappa shape index (κ2) is 6.91. The van der Waals surface area contributed by atoms with Gasteiger partial charge in [-0.05, 0) is 74.4 Å². The van der Waals surface area contributed by atoms with Crippen LogP contribution in [-0.4, -0.2) is 42.8 Å². The van der Waals surface area contributed by atoms with Crippen molar-refractivity contribution in [1.29, 1.82) is 0 Å². The van der Waals surface area contributed by atoms with Crippen molar-refractivity contribution in [3.8, 4) is 0 Å². The van der Waals surface area contributed by atoms with E-state index in [9.17, 15) is 5.11 Å². The predicted octanol–water partition coefficient (Wildman–Crippen LogP) is 2.56. The fraction of sp³-hybridized carbons (Fsp3) is 0.667. The van der Waals surface area contributed by atoms with Crippen LogP contribution in [-0.2, 0) is 0 Å². The van der Waals surface area contributed by atoms with E-state index in [-0.39, 0.29) is 6.61 Å². The van der Waals surface area contributed by atoms with Crippen LogP contribution < -0.4 is 5.32 Å². The highest BCUT2D eigenvalue weighted by molar-refractivity contribution is 5.50. The van der Waals surface area contributed by atoms with Crippen molar-refractivity contribution >= 4 is 0 Å². The second-order valence-corrected chi connectivity index (χ2v) is 6.35. The Hall–Kier alpha value is -0.900. The van der Waals surface area contributed by atoms with Crippen molar-refractivity contribution < 1.29 is 5.11 Å². The molecule has 1 fully saturated rings. The molecular weight excluding hydrogens is 260 g/mol. The standard InChI is InChI=1S/C18H30N2O/c1-12-13(2)15(4)18(16(5)14(12)3)17(6-11-21)20-9-7-19-8-10-20/h17,19,21H,6-11H2,1-5H3/t17-/m1/s1. The fourth-order valence-electron chi connectivity index (χ4n) is 3.65. The zero-order valence-electron chi connectivity index (χ0n) is 14.2. The van der Waals surface area contributed by atoms with Gasteiger partial charge in [0.2, 0.25) is 0 Å². The van der Waals surface area contributed by atoms with Gasteiger partial charge in [0.15, 0.2) is 0 Å². The van der Waals surface area contributed by atoms with E-state index in [2.05, 4.69) is 44.8 Å². The maximum atomic E-state index is 9.56. The lowest BCUT2D eigenvalue weighted by Gasteiger charge is -2.37. The van der Waals surface area contributed by atoms with E-state index in [0.29, 0.717) is 6.04 Å². The average Bonchev–Trinajstić information content (AvgIpc) is 2.51. The first-order valence-electron chi connectivity index (χ1n) is 8.11. The molecule has 1 aromatic rings. The van der Waals surface area contributed by atoms with Crippen LogP contribution in [0.15, 0.2) is 0 Å². The first kappa shape index (κ1) is 16.5. The van der Waals surface area contributed by atoms with Gasteiger partial charge in [0.05, 0.1) is 0 Å². The number of aliphatic hydroxyl groups is 1. The number of piperazine rings is 1. The van der Waals surface area contributed by atoms with Crippen LogP contribution in [0.25, 0.3) is 0 Å². The van der Waals surface area contributed by atoms with Gasteiger partial charge in [-0.3, -0.25) is 4.90 Å². The van der Waals surface area contributed by atoms with Crippen molar-refractivity contribution in [2.24, 2.45) is 0 Å². The van der Waals surface area contributed by atoms with Crippen LogP contribution in [0.4, 0.5) is 0 Å². The Morgan fingerprint density at radius 2 is 1.38 bits per heavy atom. The molecule has 0 bridgehead atoms. The third-order valence-corrected chi connectivity index (χ3v) is 5.39. The largest absolute Gasteiger partial charge is 0.396 e. The number of rotatable bonds is 4. The number of hydrogen-bond donors (Lipinski definition) is 2. The van der Waals surface area contributed by atoms with Crippen LogP contribution in [0.3, 0.4) is 0 Å². The monoisotopic (exact) mass is 290 g/mol. The van der Waals surface area contributed by atoms with Gasteiger partial charge >= 0.3 is 0 Å². The van der Waals surface area contributed by atoms with Crippen LogP contribution >= 0.6 is 0 Å². The Kier molecular flexibility index (Phi) is 5.42. The summed E-state index contributed by atoms with van der Waals surface area (Å²) in [6.45, 7) is 15.6. The Balaban J connectivity index is 2.49. The summed E-state index contributed by atoms with van der Waals surface area (Å²) in [5, 5.41) is 13.0. The van der Waals surface area contributed by atoms with Gasteiger partial charge in [-0.1, -0.05) is 0 Å². The lowest BCUT2D eigenvalue weighted by atomic mass is 9.84. The summed E-state index contributed by atoms with van der Waals surface area (Å²) in [5.41, 5.74) is 8.50. The molecule has 0 saturated carbocycles. The van der Waals surface area contributed by atoms with Gasteiger partial charge in [-0.25, -0.2) is 0 Å². The number of aliphatic hydroxyl groups excluding tert-OH is 1. The van der Waals surface area contributed by atoms with Crippen molar-refractivity contribution in [3.63, 3.8) is 0 Å². The Morgan fingerprint density at radius 3 is 1.86 bits per heavy atom. The number of hydrogen-bond acceptors (Lipinski definition) is 3. The van der Waals surface area contributed by atoms with Crippen molar-refractivity contribution in [1.82, 2.24) is 10.2 Å². The summed E-state index contributed by atoms with van der Waals surface area (Å²) < 4.78 is 0. The minimum atomic E-state index is 0.249. The van der Waals surface area contributed by atoms with E-state index in [1.54, 1.807) is 0 Å². The summed E-state index contributed by atoms with van der Waals surface area (Å²) in [6, 6.07) is 0.343. The van der Waals surface area contributed by atoms with E-state index in [4.69, 9.17) is 0 Å². The van der Waals surface area contributed by atoms with E-state index in [1.165, 1.54) is 33.4 Å². The minimum Gasteiger partial charge on any atom is -0.396 e. The summed E-state index contributed by atoms with van der Waals surface area (Å²) in [5.74, 6) is 0. The van der Waals surface area contributed by atoms with Gasteiger partial charge in [0, 0.05) is 38.8 Å². The molecule has 21 heavy (non-hydrogen) atoms. The molecule has 0 unspecified atom stereocenters. The average molecular weight is 290 g/mol. The topological polar surface area (TPSA) is 35.5 Å². The van der Waals surface area contributed by atoms with E-state index in [1.807, 2.05) is 0 Å². The second-order valence-electron chi connectivity index (χ2n) is 6.35. The Bertz CT molecular complexity index is 475. The summed E-state index contributed by atoms with van der Waals surface area (Å²) in [6.07, 6.45) is 0.823. The molecule has 1 aliphatic rings. The molecule has 3 nitrogen and oxygen atoms in total. The first-order valence-corrected chi connectivity index (χ1v) is 8.11. The lowest BCUT2D eigenvalue weighted by molar-refractivity contribution is 0.140. The lowest BCUT2D eigenvalue weighted by Crippen LogP contribution is -2.45. The highest BCUT2D eigenvalue weighted by atomic mass is 16.3. The molecule has 0 aliphatic carbocycles. The molecule has 118 valence electrons. The molecule has 0 aromatic heterocycles. The molecule has 3 heteroatoms. The zero-order chi connectivity index (χ0) is 15.6. The highest BCUT2D eigenvalue weighted by Gasteiger charge is 2.26. The molecule has 1 aliphatic heterocycles. The van der Waals surface area contributed by atoms with Crippen LogP contribution in [0.1, 0.15) is 45.8 Å². The summed E-state index contributed by atoms with van der Waals surface area (Å²) in [4.78, 5) is 2.54. The molecule has 1 heterocycles. The quantitative estimate of drug-likeness (QED) is 0.894. The number of nitrogens with one attached hydrogen (secondary N) is 1. The molecular formula is C18H30N2O. The first-order chi connectivity index (χ1) is 9.99. The van der Waals surface area contributed by atoms with Crippen LogP contribution in [0.2, 0.25) is 0 Å². The predicted molar refractivity (Wildman–Crippen MR) is 89.0 cm³/mol. The van der Waals surface area contributed by atoms with Crippen molar-refractivity contribution in [2.75, 3.05) is 32.8 Å². The molecule has 1 atom stereocenters. The SMILES string of the molecule is Cc1c(C)c(C)c([C@@H](CCO)N2CCNCC2)c(C)c1C. The van der Waals surface area contributed by atoms with Crippen molar-refractivity contribution in [2.45, 2.75) is 47.1 Å². The highest BCUT2D eigenvalue weighted by Crippen LogP contribution is 2.35. The van der Waals surface area contributed by atoms with Gasteiger partial charge < -0.3 is 10.4 Å². The minimum absolute atomic E-state index is 0.249. The van der Waals surface area contributed by atoms with E-state index in [0.717, 1.165) is 32.6 Å². The Labute approximate surface area is 129 Å². The van der Waals surface area contributed by atoms with Gasteiger partial charge in [0.25, 0.3) is 0 Å². The smallest absolute Gasteiger partial charge is 0.0449 e. The molecule has 2 rings (SSSR count). The summed E-state index contributed by atoms with van der Waals surface area (Å²) >= 11 is 0. The molecule has 0 spiro atoms. The summed E-state index contributed by atoms with van der Waals surface area (Å²) in [7, 11) is 0. The van der Waals surface area contributed by atoms with E-state index >= 15 is 0 Å². The third kappa shape index (κ3) is 3.15. The van der Waals surface area contributed by atoms with E-state index < -0.39 is 0 Å². The maximum absolute atomic E-state index is 9.56. The Morgan fingerprint density at radius 1 is 0.905 bits per heavy atom. The molecule has 1 saturated heterocycles. The van der Waals surface area contributed by atoms with Crippen molar-refractivity contribution in [3.05, 3.63) is 33.4 Å². The number of nitrogens with zero attached hydrogens (tertiary/aromatic N) is 1. The third-order valence-electron chi connectivity index (χ3n) is 5.39. The van der Waals surface area contributed by atoms with Crippen LogP contribution in [0.5, 0.6) is 0 Å². The molecule has 2 N–H and O–H groups in total. The van der Waals surface area contributed by atoms with Gasteiger partial charge in [0.1, 0.15) is 0 Å². The molecule has 1 aromatic carbocycles. The maximum Gasteiger partial charge on any atom is 0.0449 e. The zero-order valence-corrected chi connectivity index (χ0v) is 14.2. The molecule has 0 amide bonds. The van der Waals surface area contributed by atoms with Gasteiger partial charge in [-0.15, -0.1) is 0 Å². The number of benzene rings is 1. The fourth-order valence-corrected chi connectivity index (χ4v) is 3.65. The normalized spacial score (nSPS) is 18.0. The molecule has 0 radical (unpaired) electrons. The van der Waals surface area contributed by atoms with Crippen LogP contribution in [0, 0.1) is 34.6 Å². The van der Waals surface area contributed by atoms with Gasteiger partial charge in [-0.2, -0.15) is 0 Å².